The predicted octanol–water partition coefficient (Wildman–Crippen LogP) is 3.59. The van der Waals surface area contributed by atoms with Crippen molar-refractivity contribution in [1.82, 2.24) is 4.98 Å². The first-order valence-corrected chi connectivity index (χ1v) is 6.70. The molecule has 3 rings (SSSR count). The monoisotopic (exact) mass is 280 g/mol. The number of nitrogens with one attached hydrogen (secondary N) is 1. The molecule has 4 nitrogen and oxygen atoms in total. The maximum Gasteiger partial charge on any atom is 0.345 e. The fourth-order valence-electron chi connectivity index (χ4n) is 2.30. The van der Waals surface area contributed by atoms with Crippen LogP contribution in [0.4, 0.5) is 5.69 Å². The topological polar surface area (TPSA) is 68.1 Å². The normalized spacial score (nSPS) is 10.8. The summed E-state index contributed by atoms with van der Waals surface area (Å²) in [5.74, 6) is 0.0678. The van der Waals surface area contributed by atoms with Gasteiger partial charge in [0.05, 0.1) is 5.56 Å². The maximum atomic E-state index is 12.3. The molecule has 0 spiro atoms. The number of carbonyl (C=O) groups excluding carboxylic acids is 1. The van der Waals surface area contributed by atoms with E-state index >= 15 is 0 Å². The van der Waals surface area contributed by atoms with Gasteiger partial charge in [-0.15, -0.1) is 0 Å². The van der Waals surface area contributed by atoms with Crippen molar-refractivity contribution in [2.24, 2.45) is 0 Å². The summed E-state index contributed by atoms with van der Waals surface area (Å²) in [6.45, 7) is 3.90. The van der Waals surface area contributed by atoms with Gasteiger partial charge >= 0.3 is 5.97 Å². The van der Waals surface area contributed by atoms with E-state index in [0.717, 1.165) is 22.0 Å². The number of carbonyl (C=O) groups is 1. The minimum Gasteiger partial charge on any atom is -0.421 e. The molecular formula is C17H16N2O2. The van der Waals surface area contributed by atoms with Gasteiger partial charge in [-0.1, -0.05) is 23.3 Å². The first-order valence-electron chi connectivity index (χ1n) is 6.70. The molecule has 0 saturated carbocycles. The SMILES string of the molecule is Cc1ccc(N)c(C(=O)Oc2c[nH]c3ccc(C)cc23)c1. The number of aromatic nitrogens is 1. The van der Waals surface area contributed by atoms with Gasteiger partial charge in [-0.05, 0) is 38.1 Å². The number of rotatable bonds is 2. The number of fused-ring (bicyclic) bond motifs is 1. The standard InChI is InChI=1S/C17H16N2O2/c1-10-3-5-14(18)12(7-10)17(20)21-16-9-19-15-6-4-11(2)8-13(15)16/h3-9,19H,18H2,1-2H3. The lowest BCUT2D eigenvalue weighted by Gasteiger charge is -2.07. The second-order valence-electron chi connectivity index (χ2n) is 5.18. The number of nitrogen functional groups attached to an aromatic ring is 1. The molecule has 106 valence electrons. The number of aryl methyl sites for hydroxylation is 2. The van der Waals surface area contributed by atoms with Crippen molar-refractivity contribution < 1.29 is 9.53 Å². The summed E-state index contributed by atoms with van der Waals surface area (Å²) >= 11 is 0. The van der Waals surface area contributed by atoms with Crippen LogP contribution in [0.3, 0.4) is 0 Å². The van der Waals surface area contributed by atoms with E-state index < -0.39 is 5.97 Å². The predicted molar refractivity (Wildman–Crippen MR) is 83.6 cm³/mol. The molecule has 0 aliphatic carbocycles. The van der Waals surface area contributed by atoms with Crippen molar-refractivity contribution in [2.75, 3.05) is 5.73 Å². The summed E-state index contributed by atoms with van der Waals surface area (Å²) in [6, 6.07) is 11.3. The number of H-pyrrole nitrogens is 1. The first-order chi connectivity index (χ1) is 10.0. The average molecular weight is 280 g/mol. The zero-order valence-corrected chi connectivity index (χ0v) is 11.9. The molecule has 0 saturated heterocycles. The van der Waals surface area contributed by atoms with E-state index in [1.807, 2.05) is 38.1 Å². The fourth-order valence-corrected chi connectivity index (χ4v) is 2.30. The maximum absolute atomic E-state index is 12.3. The first kappa shape index (κ1) is 13.2. The summed E-state index contributed by atoms with van der Waals surface area (Å²) in [5, 5.41) is 0.884. The average Bonchev–Trinajstić information content (AvgIpc) is 2.84. The van der Waals surface area contributed by atoms with Crippen LogP contribution in [0, 0.1) is 13.8 Å². The summed E-state index contributed by atoms with van der Waals surface area (Å²) < 4.78 is 5.49. The zero-order valence-electron chi connectivity index (χ0n) is 11.9. The number of benzene rings is 2. The van der Waals surface area contributed by atoms with E-state index in [1.54, 1.807) is 18.3 Å². The quantitative estimate of drug-likeness (QED) is 0.557. The molecule has 0 aliphatic heterocycles. The van der Waals surface area contributed by atoms with Crippen LogP contribution in [0.1, 0.15) is 21.5 Å². The molecular weight excluding hydrogens is 264 g/mol. The lowest BCUT2D eigenvalue weighted by Crippen LogP contribution is -2.11. The van der Waals surface area contributed by atoms with Crippen molar-refractivity contribution in [3.05, 3.63) is 59.3 Å². The molecule has 3 aromatic rings. The van der Waals surface area contributed by atoms with Crippen LogP contribution in [-0.2, 0) is 0 Å². The van der Waals surface area contributed by atoms with E-state index in [9.17, 15) is 4.79 Å². The smallest absolute Gasteiger partial charge is 0.345 e. The second kappa shape index (κ2) is 4.98. The van der Waals surface area contributed by atoms with Crippen LogP contribution in [0.15, 0.2) is 42.6 Å². The number of hydrogen-bond donors (Lipinski definition) is 2. The summed E-state index contributed by atoms with van der Waals surface area (Å²) in [4.78, 5) is 15.4. The summed E-state index contributed by atoms with van der Waals surface area (Å²) in [5.41, 5.74) is 9.65. The summed E-state index contributed by atoms with van der Waals surface area (Å²) in [6.07, 6.45) is 1.69. The molecule has 0 radical (unpaired) electrons. The van der Waals surface area contributed by atoms with Crippen LogP contribution in [0.5, 0.6) is 5.75 Å². The minimum absolute atomic E-state index is 0.386. The molecule has 1 heterocycles. The van der Waals surface area contributed by atoms with Crippen LogP contribution in [0.25, 0.3) is 10.9 Å². The van der Waals surface area contributed by atoms with E-state index in [4.69, 9.17) is 10.5 Å². The molecule has 3 N–H and O–H groups in total. The molecule has 0 aliphatic rings. The second-order valence-corrected chi connectivity index (χ2v) is 5.18. The fraction of sp³-hybridized carbons (Fsp3) is 0.118. The van der Waals surface area contributed by atoms with Gasteiger partial charge < -0.3 is 15.5 Å². The molecule has 21 heavy (non-hydrogen) atoms. The molecule has 4 heteroatoms. The third-order valence-corrected chi connectivity index (χ3v) is 3.43. The highest BCUT2D eigenvalue weighted by Crippen LogP contribution is 2.27. The Hall–Kier alpha value is -2.75. The molecule has 0 bridgehead atoms. The number of hydrogen-bond acceptors (Lipinski definition) is 3. The van der Waals surface area contributed by atoms with Crippen molar-refractivity contribution in [1.29, 1.82) is 0 Å². The third-order valence-electron chi connectivity index (χ3n) is 3.43. The van der Waals surface area contributed by atoms with Gasteiger partial charge in [-0.3, -0.25) is 0 Å². The van der Waals surface area contributed by atoms with Crippen molar-refractivity contribution in [3.63, 3.8) is 0 Å². The Morgan fingerprint density at radius 2 is 1.81 bits per heavy atom. The largest absolute Gasteiger partial charge is 0.421 e. The van der Waals surface area contributed by atoms with Gasteiger partial charge in [-0.2, -0.15) is 0 Å². The van der Waals surface area contributed by atoms with E-state index in [2.05, 4.69) is 4.98 Å². The number of anilines is 1. The number of nitrogens with two attached hydrogens (primary N) is 1. The Balaban J connectivity index is 1.96. The Morgan fingerprint density at radius 3 is 2.62 bits per heavy atom. The highest BCUT2D eigenvalue weighted by molar-refractivity contribution is 5.98. The molecule has 0 fully saturated rings. The molecule has 0 unspecified atom stereocenters. The lowest BCUT2D eigenvalue weighted by molar-refractivity contribution is 0.0738. The molecule has 2 aromatic carbocycles. The van der Waals surface area contributed by atoms with Gasteiger partial charge in [0, 0.05) is 22.8 Å². The van der Waals surface area contributed by atoms with Gasteiger partial charge in [0.15, 0.2) is 5.75 Å². The number of esters is 1. The lowest BCUT2D eigenvalue weighted by atomic mass is 10.1. The highest BCUT2D eigenvalue weighted by Gasteiger charge is 2.15. The molecule has 0 atom stereocenters. The van der Waals surface area contributed by atoms with Crippen molar-refractivity contribution in [3.8, 4) is 5.75 Å². The van der Waals surface area contributed by atoms with Crippen molar-refractivity contribution >= 4 is 22.6 Å². The Kier molecular flexibility index (Phi) is 3.14. The summed E-state index contributed by atoms with van der Waals surface area (Å²) in [7, 11) is 0. The number of aromatic amines is 1. The van der Waals surface area contributed by atoms with Gasteiger partial charge in [0.2, 0.25) is 0 Å². The highest BCUT2D eigenvalue weighted by atomic mass is 16.5. The van der Waals surface area contributed by atoms with Crippen LogP contribution in [-0.4, -0.2) is 11.0 Å². The third kappa shape index (κ3) is 2.48. The molecule has 0 amide bonds. The number of ether oxygens (including phenoxy) is 1. The van der Waals surface area contributed by atoms with Crippen LogP contribution < -0.4 is 10.5 Å². The zero-order chi connectivity index (χ0) is 15.0. The van der Waals surface area contributed by atoms with E-state index in [0.29, 0.717) is 17.0 Å². The Labute approximate surface area is 122 Å². The Morgan fingerprint density at radius 1 is 1.10 bits per heavy atom. The van der Waals surface area contributed by atoms with Gasteiger partial charge in [-0.25, -0.2) is 4.79 Å². The van der Waals surface area contributed by atoms with Gasteiger partial charge in [0.1, 0.15) is 0 Å². The van der Waals surface area contributed by atoms with Crippen LogP contribution >= 0.6 is 0 Å². The van der Waals surface area contributed by atoms with E-state index in [-0.39, 0.29) is 0 Å². The van der Waals surface area contributed by atoms with Crippen molar-refractivity contribution in [2.45, 2.75) is 13.8 Å². The Bertz CT molecular complexity index is 834. The minimum atomic E-state index is -0.446. The molecule has 1 aromatic heterocycles. The van der Waals surface area contributed by atoms with Gasteiger partial charge in [0.25, 0.3) is 0 Å². The van der Waals surface area contributed by atoms with E-state index in [1.165, 1.54) is 0 Å². The van der Waals surface area contributed by atoms with Crippen LogP contribution in [0.2, 0.25) is 0 Å².